The molecule has 4 nitrogen and oxygen atoms in total. The molecule has 0 bridgehead atoms. The minimum absolute atomic E-state index is 0.163. The van der Waals surface area contributed by atoms with Crippen molar-refractivity contribution in [2.75, 3.05) is 11.9 Å². The normalized spacial score (nSPS) is 10.7. The molecule has 23 heavy (non-hydrogen) atoms. The number of fused-ring (bicyclic) bond motifs is 1. The monoisotopic (exact) mass is 394 g/mol. The molecular weight excluding hydrogens is 383 g/mol. The molecule has 0 aliphatic heterocycles. The van der Waals surface area contributed by atoms with Crippen LogP contribution in [0.2, 0.25) is 0 Å². The van der Waals surface area contributed by atoms with Gasteiger partial charge in [-0.25, -0.2) is 9.37 Å². The van der Waals surface area contributed by atoms with E-state index in [9.17, 15) is 9.18 Å². The lowest BCUT2D eigenvalue weighted by atomic mass is 10.3. The van der Waals surface area contributed by atoms with Gasteiger partial charge in [0.1, 0.15) is 11.6 Å². The van der Waals surface area contributed by atoms with Crippen LogP contribution in [-0.2, 0) is 4.79 Å². The number of thiazole rings is 1. The number of nitrogens with zero attached hydrogens (tertiary/aromatic N) is 1. The van der Waals surface area contributed by atoms with Gasteiger partial charge >= 0.3 is 0 Å². The molecule has 0 atom stereocenters. The van der Waals surface area contributed by atoms with Gasteiger partial charge in [0, 0.05) is 5.69 Å². The Morgan fingerprint density at radius 3 is 2.96 bits per heavy atom. The number of carbonyl (C=O) groups excluding carboxylic acids is 1. The van der Waals surface area contributed by atoms with Crippen molar-refractivity contribution in [1.29, 1.82) is 0 Å². The standard InChI is InChI=1S/C16H12BrFN2O2S/c1-9-19-13-4-3-11(7-15(13)23-9)20-16(21)8-22-14-5-2-10(18)6-12(14)17/h2-7H,8H2,1H3,(H,20,21). The van der Waals surface area contributed by atoms with Crippen molar-refractivity contribution in [3.8, 4) is 5.75 Å². The highest BCUT2D eigenvalue weighted by Crippen LogP contribution is 2.26. The highest BCUT2D eigenvalue weighted by Gasteiger charge is 2.08. The molecule has 0 spiro atoms. The molecule has 1 amide bonds. The summed E-state index contributed by atoms with van der Waals surface area (Å²) in [6.07, 6.45) is 0. The van der Waals surface area contributed by atoms with Crippen molar-refractivity contribution in [2.24, 2.45) is 0 Å². The Balaban J connectivity index is 1.63. The zero-order valence-corrected chi connectivity index (χ0v) is 14.5. The lowest BCUT2D eigenvalue weighted by Gasteiger charge is -2.09. The van der Waals surface area contributed by atoms with Crippen molar-refractivity contribution in [1.82, 2.24) is 4.98 Å². The quantitative estimate of drug-likeness (QED) is 0.707. The van der Waals surface area contributed by atoms with E-state index in [-0.39, 0.29) is 18.3 Å². The molecule has 0 saturated heterocycles. The number of hydrogen-bond donors (Lipinski definition) is 1. The van der Waals surface area contributed by atoms with E-state index in [0.717, 1.165) is 15.2 Å². The first-order valence-electron chi connectivity index (χ1n) is 6.76. The summed E-state index contributed by atoms with van der Waals surface area (Å²) >= 11 is 4.76. The fourth-order valence-electron chi connectivity index (χ4n) is 2.05. The molecule has 0 aliphatic rings. The summed E-state index contributed by atoms with van der Waals surface area (Å²) in [5, 5.41) is 3.75. The first kappa shape index (κ1) is 15.9. The number of rotatable bonds is 4. The average Bonchev–Trinajstić information content (AvgIpc) is 2.85. The number of aromatic nitrogens is 1. The average molecular weight is 395 g/mol. The topological polar surface area (TPSA) is 51.2 Å². The second-order valence-corrected chi connectivity index (χ2v) is 6.92. The van der Waals surface area contributed by atoms with Gasteiger partial charge in [-0.15, -0.1) is 11.3 Å². The molecule has 2 aromatic carbocycles. The van der Waals surface area contributed by atoms with Crippen molar-refractivity contribution in [3.63, 3.8) is 0 Å². The molecule has 0 saturated carbocycles. The Bertz CT molecular complexity index is 882. The number of amides is 1. The number of hydrogen-bond acceptors (Lipinski definition) is 4. The van der Waals surface area contributed by atoms with Gasteiger partial charge in [-0.3, -0.25) is 4.79 Å². The predicted molar refractivity (Wildman–Crippen MR) is 92.6 cm³/mol. The Morgan fingerprint density at radius 1 is 1.35 bits per heavy atom. The smallest absolute Gasteiger partial charge is 0.262 e. The van der Waals surface area contributed by atoms with Gasteiger partial charge in [0.2, 0.25) is 0 Å². The molecule has 3 aromatic rings. The van der Waals surface area contributed by atoms with E-state index in [4.69, 9.17) is 4.74 Å². The van der Waals surface area contributed by atoms with Gasteiger partial charge in [-0.05, 0) is 59.3 Å². The molecule has 0 radical (unpaired) electrons. The van der Waals surface area contributed by atoms with E-state index in [2.05, 4.69) is 26.2 Å². The van der Waals surface area contributed by atoms with Crippen LogP contribution in [0, 0.1) is 12.7 Å². The number of benzene rings is 2. The molecule has 1 N–H and O–H groups in total. The Kier molecular flexibility index (Phi) is 4.58. The van der Waals surface area contributed by atoms with Gasteiger partial charge < -0.3 is 10.1 Å². The number of ether oxygens (including phenoxy) is 1. The van der Waals surface area contributed by atoms with Crippen LogP contribution < -0.4 is 10.1 Å². The van der Waals surface area contributed by atoms with Crippen LogP contribution in [0.5, 0.6) is 5.75 Å². The predicted octanol–water partition coefficient (Wildman–Crippen LogP) is 4.52. The largest absolute Gasteiger partial charge is 0.483 e. The van der Waals surface area contributed by atoms with Gasteiger partial charge in [-0.1, -0.05) is 0 Å². The molecule has 3 rings (SSSR count). The highest BCUT2D eigenvalue weighted by molar-refractivity contribution is 9.10. The lowest BCUT2D eigenvalue weighted by Crippen LogP contribution is -2.20. The fraction of sp³-hybridized carbons (Fsp3) is 0.125. The van der Waals surface area contributed by atoms with Crippen LogP contribution >= 0.6 is 27.3 Å². The highest BCUT2D eigenvalue weighted by atomic mass is 79.9. The zero-order chi connectivity index (χ0) is 16.4. The minimum atomic E-state index is -0.373. The first-order chi connectivity index (χ1) is 11.0. The van der Waals surface area contributed by atoms with Crippen molar-refractivity contribution in [2.45, 2.75) is 6.92 Å². The maximum absolute atomic E-state index is 13.0. The van der Waals surface area contributed by atoms with E-state index < -0.39 is 0 Å². The molecule has 7 heteroatoms. The van der Waals surface area contributed by atoms with Crippen molar-refractivity contribution >= 4 is 49.1 Å². The fourth-order valence-corrected chi connectivity index (χ4v) is 3.38. The van der Waals surface area contributed by atoms with Crippen LogP contribution in [0.15, 0.2) is 40.9 Å². The second-order valence-electron chi connectivity index (χ2n) is 4.83. The Hall–Kier alpha value is -1.99. The second kappa shape index (κ2) is 6.64. The Morgan fingerprint density at radius 2 is 2.17 bits per heavy atom. The van der Waals surface area contributed by atoms with Gasteiger partial charge in [0.15, 0.2) is 6.61 Å². The molecule has 0 aliphatic carbocycles. The summed E-state index contributed by atoms with van der Waals surface area (Å²) in [7, 11) is 0. The van der Waals surface area contributed by atoms with Gasteiger partial charge in [0.05, 0.1) is 19.7 Å². The summed E-state index contributed by atoms with van der Waals surface area (Å²) in [6.45, 7) is 1.78. The number of aryl methyl sites for hydroxylation is 1. The molecule has 1 heterocycles. The van der Waals surface area contributed by atoms with Crippen LogP contribution in [0.4, 0.5) is 10.1 Å². The van der Waals surface area contributed by atoms with Gasteiger partial charge in [-0.2, -0.15) is 0 Å². The zero-order valence-electron chi connectivity index (χ0n) is 12.1. The summed E-state index contributed by atoms with van der Waals surface area (Å²) in [4.78, 5) is 16.3. The molecule has 0 unspecified atom stereocenters. The van der Waals surface area contributed by atoms with E-state index in [1.54, 1.807) is 17.4 Å². The maximum atomic E-state index is 13.0. The maximum Gasteiger partial charge on any atom is 0.262 e. The number of anilines is 1. The van der Waals surface area contributed by atoms with E-state index >= 15 is 0 Å². The number of halogens is 2. The van der Waals surface area contributed by atoms with E-state index in [0.29, 0.717) is 15.9 Å². The summed E-state index contributed by atoms with van der Waals surface area (Å²) < 4.78 is 19.9. The number of nitrogens with one attached hydrogen (secondary N) is 1. The van der Waals surface area contributed by atoms with Crippen molar-refractivity contribution in [3.05, 3.63) is 51.7 Å². The summed E-state index contributed by atoms with van der Waals surface area (Å²) in [5.74, 6) is -0.251. The van der Waals surface area contributed by atoms with Crippen LogP contribution in [0.1, 0.15) is 5.01 Å². The number of carbonyl (C=O) groups is 1. The van der Waals surface area contributed by atoms with Crippen LogP contribution in [0.3, 0.4) is 0 Å². The van der Waals surface area contributed by atoms with E-state index in [1.165, 1.54) is 18.2 Å². The Labute approximate surface area is 144 Å². The molecule has 0 fully saturated rings. The van der Waals surface area contributed by atoms with Crippen LogP contribution in [-0.4, -0.2) is 17.5 Å². The minimum Gasteiger partial charge on any atom is -0.483 e. The third kappa shape index (κ3) is 3.86. The van der Waals surface area contributed by atoms with Gasteiger partial charge in [0.25, 0.3) is 5.91 Å². The van der Waals surface area contributed by atoms with Crippen molar-refractivity contribution < 1.29 is 13.9 Å². The lowest BCUT2D eigenvalue weighted by molar-refractivity contribution is -0.118. The SMILES string of the molecule is Cc1nc2ccc(NC(=O)COc3ccc(F)cc3Br)cc2s1. The molecule has 118 valence electrons. The third-order valence-corrected chi connectivity index (χ3v) is 4.59. The first-order valence-corrected chi connectivity index (χ1v) is 8.37. The third-order valence-electron chi connectivity index (χ3n) is 3.03. The summed E-state index contributed by atoms with van der Waals surface area (Å²) in [5.41, 5.74) is 1.60. The molecule has 1 aromatic heterocycles. The molecular formula is C16H12BrFN2O2S. The summed E-state index contributed by atoms with van der Waals surface area (Å²) in [6, 6.07) is 9.58. The van der Waals surface area contributed by atoms with Crippen LogP contribution in [0.25, 0.3) is 10.2 Å². The van der Waals surface area contributed by atoms with E-state index in [1.807, 2.05) is 19.1 Å².